The van der Waals surface area contributed by atoms with Gasteiger partial charge in [-0.15, -0.1) is 0 Å². The molecule has 0 radical (unpaired) electrons. The van der Waals surface area contributed by atoms with Crippen molar-refractivity contribution in [3.63, 3.8) is 0 Å². The molecular weight excluding hydrogens is 526 g/mol. The standard InChI is InChI=1S/C32H43NO8/c1-19(20(2)39-30(38)21-12-10-9-11-13-21)27(28(33)29(36)37)22-14-15-23(40-25(34)17-31(3,4)5)24(16-22)41-26(35)18-32(6,7)8/h9-16,19-20,27-28H,17-18,33H2,1-8H3,(H,36,37)/t19?,20?,27?,28-/m0/s1. The quantitative estimate of drug-likeness (QED) is 0.255. The number of carbonyl (C=O) groups is 4. The second kappa shape index (κ2) is 13.8. The number of hydrogen-bond acceptors (Lipinski definition) is 8. The first-order chi connectivity index (χ1) is 18.9. The number of nitrogens with two attached hydrogens (primary N) is 1. The summed E-state index contributed by atoms with van der Waals surface area (Å²) in [5.74, 6) is -4.27. The molecule has 0 bridgehead atoms. The molecule has 3 N–H and O–H groups in total. The van der Waals surface area contributed by atoms with Crippen molar-refractivity contribution >= 4 is 23.9 Å². The summed E-state index contributed by atoms with van der Waals surface area (Å²) >= 11 is 0. The minimum Gasteiger partial charge on any atom is -0.480 e. The van der Waals surface area contributed by atoms with Gasteiger partial charge >= 0.3 is 23.9 Å². The summed E-state index contributed by atoms with van der Waals surface area (Å²) in [4.78, 5) is 50.1. The van der Waals surface area contributed by atoms with Gasteiger partial charge in [-0.3, -0.25) is 14.4 Å². The molecule has 2 aromatic rings. The highest BCUT2D eigenvalue weighted by molar-refractivity contribution is 5.89. The van der Waals surface area contributed by atoms with Crippen molar-refractivity contribution in [1.29, 1.82) is 0 Å². The van der Waals surface area contributed by atoms with E-state index in [1.807, 2.05) is 41.5 Å². The third kappa shape index (κ3) is 10.6. The third-order valence-corrected chi connectivity index (χ3v) is 6.43. The van der Waals surface area contributed by atoms with Crippen molar-refractivity contribution in [3.05, 3.63) is 59.7 Å². The van der Waals surface area contributed by atoms with Crippen LogP contribution < -0.4 is 15.2 Å². The topological polar surface area (TPSA) is 142 Å². The van der Waals surface area contributed by atoms with Crippen LogP contribution in [-0.2, 0) is 19.1 Å². The molecule has 0 aliphatic carbocycles. The molecule has 0 aliphatic heterocycles. The fraction of sp³-hybridized carbons (Fsp3) is 0.500. The highest BCUT2D eigenvalue weighted by atomic mass is 16.6. The largest absolute Gasteiger partial charge is 0.480 e. The Labute approximate surface area is 242 Å². The Morgan fingerprint density at radius 2 is 1.32 bits per heavy atom. The number of esters is 3. The first-order valence-electron chi connectivity index (χ1n) is 13.7. The Balaban J connectivity index is 2.47. The van der Waals surface area contributed by atoms with Crippen LogP contribution in [0.15, 0.2) is 48.5 Å². The van der Waals surface area contributed by atoms with E-state index in [9.17, 15) is 24.3 Å². The van der Waals surface area contributed by atoms with Crippen molar-refractivity contribution in [3.8, 4) is 11.5 Å². The molecule has 0 aromatic heterocycles. The third-order valence-electron chi connectivity index (χ3n) is 6.43. The van der Waals surface area contributed by atoms with Gasteiger partial charge in [0.1, 0.15) is 12.1 Å². The van der Waals surface area contributed by atoms with Gasteiger partial charge in [0.05, 0.1) is 18.4 Å². The summed E-state index contributed by atoms with van der Waals surface area (Å²) in [5.41, 5.74) is 6.25. The molecule has 2 aromatic carbocycles. The minimum atomic E-state index is -1.38. The summed E-state index contributed by atoms with van der Waals surface area (Å²) in [6.45, 7) is 14.7. The molecule has 3 unspecified atom stereocenters. The Morgan fingerprint density at radius 1 is 0.805 bits per heavy atom. The fourth-order valence-corrected chi connectivity index (χ4v) is 4.28. The SMILES string of the molecule is CC(OC(=O)c1ccccc1)C(C)C(c1ccc(OC(=O)CC(C)(C)C)c(OC(=O)CC(C)(C)C)c1)[C@H](N)C(=O)O. The van der Waals surface area contributed by atoms with Gasteiger partial charge in [-0.25, -0.2) is 4.79 Å². The number of hydrogen-bond donors (Lipinski definition) is 2. The Kier molecular flexibility index (Phi) is 11.2. The lowest BCUT2D eigenvalue weighted by Crippen LogP contribution is -2.42. The Bertz CT molecular complexity index is 1230. The molecule has 9 nitrogen and oxygen atoms in total. The maximum atomic E-state index is 12.8. The molecule has 0 spiro atoms. The van der Waals surface area contributed by atoms with Crippen molar-refractivity contribution < 1.29 is 38.5 Å². The highest BCUT2D eigenvalue weighted by Crippen LogP contribution is 2.38. The van der Waals surface area contributed by atoms with Crippen molar-refractivity contribution in [2.24, 2.45) is 22.5 Å². The van der Waals surface area contributed by atoms with Gasteiger partial charge in [0.25, 0.3) is 0 Å². The zero-order chi connectivity index (χ0) is 31.1. The van der Waals surface area contributed by atoms with Gasteiger partial charge in [0.2, 0.25) is 0 Å². The maximum absolute atomic E-state index is 12.8. The smallest absolute Gasteiger partial charge is 0.338 e. The van der Waals surface area contributed by atoms with Gasteiger partial charge in [-0.2, -0.15) is 0 Å². The molecule has 2 rings (SSSR count). The highest BCUT2D eigenvalue weighted by Gasteiger charge is 2.36. The normalized spacial score (nSPS) is 14.8. The second-order valence-electron chi connectivity index (χ2n) is 12.9. The number of benzene rings is 2. The monoisotopic (exact) mass is 569 g/mol. The van der Waals surface area contributed by atoms with E-state index in [4.69, 9.17) is 19.9 Å². The van der Waals surface area contributed by atoms with E-state index in [0.717, 1.165) is 0 Å². The van der Waals surface area contributed by atoms with Crippen LogP contribution in [-0.4, -0.2) is 41.1 Å². The molecule has 224 valence electrons. The molecule has 4 atom stereocenters. The summed E-state index contributed by atoms with van der Waals surface area (Å²) in [7, 11) is 0. The molecular formula is C32H43NO8. The number of ether oxygens (including phenoxy) is 3. The summed E-state index contributed by atoms with van der Waals surface area (Å²) < 4.78 is 16.9. The lowest BCUT2D eigenvalue weighted by Gasteiger charge is -2.32. The first kappa shape index (κ1) is 33.5. The van der Waals surface area contributed by atoms with Gasteiger partial charge in [0, 0.05) is 11.8 Å². The van der Waals surface area contributed by atoms with E-state index >= 15 is 0 Å². The Hall–Kier alpha value is -3.72. The molecule has 0 heterocycles. The minimum absolute atomic E-state index is 0.0252. The number of aliphatic carboxylic acids is 1. The van der Waals surface area contributed by atoms with E-state index in [1.165, 1.54) is 12.1 Å². The predicted molar refractivity (Wildman–Crippen MR) is 155 cm³/mol. The van der Waals surface area contributed by atoms with Crippen LogP contribution in [0, 0.1) is 16.7 Å². The average molecular weight is 570 g/mol. The van der Waals surface area contributed by atoms with Gasteiger partial charge in [-0.05, 0) is 47.6 Å². The Morgan fingerprint density at radius 3 is 1.80 bits per heavy atom. The number of carbonyl (C=O) groups excluding carboxylic acids is 3. The summed E-state index contributed by atoms with van der Waals surface area (Å²) in [6, 6.07) is 11.6. The molecule has 0 saturated heterocycles. The van der Waals surface area contributed by atoms with E-state index in [0.29, 0.717) is 11.1 Å². The molecule has 0 fully saturated rings. The molecule has 0 aliphatic rings. The fourth-order valence-electron chi connectivity index (χ4n) is 4.28. The zero-order valence-electron chi connectivity index (χ0n) is 25.2. The van der Waals surface area contributed by atoms with Crippen LogP contribution in [0.25, 0.3) is 0 Å². The lowest BCUT2D eigenvalue weighted by molar-refractivity contribution is -0.140. The van der Waals surface area contributed by atoms with Crippen molar-refractivity contribution in [1.82, 2.24) is 0 Å². The maximum Gasteiger partial charge on any atom is 0.338 e. The number of carboxylic acids is 1. The first-order valence-corrected chi connectivity index (χ1v) is 13.7. The van der Waals surface area contributed by atoms with Gasteiger partial charge in [0.15, 0.2) is 11.5 Å². The molecule has 41 heavy (non-hydrogen) atoms. The van der Waals surface area contributed by atoms with Crippen LogP contribution in [0.4, 0.5) is 0 Å². The summed E-state index contributed by atoms with van der Waals surface area (Å²) in [5, 5.41) is 9.84. The van der Waals surface area contributed by atoms with E-state index in [1.54, 1.807) is 50.2 Å². The van der Waals surface area contributed by atoms with Crippen molar-refractivity contribution in [2.75, 3.05) is 0 Å². The summed E-state index contributed by atoms with van der Waals surface area (Å²) in [6.07, 6.45) is -0.514. The van der Waals surface area contributed by atoms with Crippen LogP contribution in [0.3, 0.4) is 0 Å². The molecule has 0 amide bonds. The lowest BCUT2D eigenvalue weighted by atomic mass is 9.79. The number of rotatable bonds is 11. The number of carboxylic acid groups (broad SMARTS) is 1. The van der Waals surface area contributed by atoms with Crippen LogP contribution in [0.5, 0.6) is 11.5 Å². The predicted octanol–water partition coefficient (Wildman–Crippen LogP) is 5.75. The van der Waals surface area contributed by atoms with Crippen molar-refractivity contribution in [2.45, 2.75) is 86.3 Å². The van der Waals surface area contributed by atoms with Crippen LogP contribution in [0.2, 0.25) is 0 Å². The second-order valence-corrected chi connectivity index (χ2v) is 12.9. The zero-order valence-corrected chi connectivity index (χ0v) is 25.2. The van der Waals surface area contributed by atoms with Crippen LogP contribution in [0.1, 0.15) is 90.1 Å². The molecule has 0 saturated carbocycles. The van der Waals surface area contributed by atoms with Gasteiger partial charge in [-0.1, -0.05) is 72.7 Å². The average Bonchev–Trinajstić information content (AvgIpc) is 2.83. The molecule has 9 heteroatoms. The van der Waals surface area contributed by atoms with E-state index in [2.05, 4.69) is 0 Å². The van der Waals surface area contributed by atoms with E-state index < -0.39 is 47.9 Å². The van der Waals surface area contributed by atoms with Crippen LogP contribution >= 0.6 is 0 Å². The van der Waals surface area contributed by atoms with Gasteiger partial charge < -0.3 is 25.1 Å². The van der Waals surface area contributed by atoms with E-state index in [-0.39, 0.29) is 35.2 Å².